The SMILES string of the molecule is CCCCCCn1cc(C=O)c(OC)n1. The van der Waals surface area contributed by atoms with Crippen LogP contribution in [0.25, 0.3) is 0 Å². The van der Waals surface area contributed by atoms with Crippen LogP contribution in [0.5, 0.6) is 5.88 Å². The number of ether oxygens (including phenoxy) is 1. The second-order valence-corrected chi connectivity index (χ2v) is 3.54. The summed E-state index contributed by atoms with van der Waals surface area (Å²) in [6.07, 6.45) is 7.28. The fourth-order valence-corrected chi connectivity index (χ4v) is 1.47. The molecule has 0 aliphatic heterocycles. The number of carbonyl (C=O) groups is 1. The van der Waals surface area contributed by atoms with Crippen molar-refractivity contribution in [3.8, 4) is 5.88 Å². The average Bonchev–Trinajstić information content (AvgIpc) is 2.67. The standard InChI is InChI=1S/C11H18N2O2/c1-3-4-5-6-7-13-8-10(9-14)11(12-13)15-2/h8-9H,3-7H2,1-2H3. The topological polar surface area (TPSA) is 44.1 Å². The van der Waals surface area contributed by atoms with Crippen molar-refractivity contribution < 1.29 is 9.53 Å². The van der Waals surface area contributed by atoms with Gasteiger partial charge < -0.3 is 4.74 Å². The number of aldehydes is 1. The van der Waals surface area contributed by atoms with Crippen LogP contribution in [0.15, 0.2) is 6.20 Å². The molecule has 1 rings (SSSR count). The largest absolute Gasteiger partial charge is 0.479 e. The molecule has 0 saturated carbocycles. The average molecular weight is 210 g/mol. The Bertz CT molecular complexity index is 308. The summed E-state index contributed by atoms with van der Waals surface area (Å²) in [5.74, 6) is 0.417. The summed E-state index contributed by atoms with van der Waals surface area (Å²) < 4.78 is 6.76. The first kappa shape index (κ1) is 11.8. The summed E-state index contributed by atoms with van der Waals surface area (Å²) in [5.41, 5.74) is 0.521. The van der Waals surface area contributed by atoms with E-state index in [2.05, 4.69) is 12.0 Å². The molecule has 1 heterocycles. The molecular weight excluding hydrogens is 192 g/mol. The number of methoxy groups -OCH3 is 1. The van der Waals surface area contributed by atoms with Crippen molar-refractivity contribution in [1.29, 1.82) is 0 Å². The lowest BCUT2D eigenvalue weighted by Crippen LogP contribution is -1.98. The van der Waals surface area contributed by atoms with Crippen LogP contribution in [0.2, 0.25) is 0 Å². The maximum absolute atomic E-state index is 10.6. The summed E-state index contributed by atoms with van der Waals surface area (Å²) in [5, 5.41) is 4.16. The number of nitrogens with zero attached hydrogens (tertiary/aromatic N) is 2. The van der Waals surface area contributed by atoms with Crippen molar-refractivity contribution in [2.24, 2.45) is 0 Å². The van der Waals surface area contributed by atoms with Crippen LogP contribution in [0, 0.1) is 0 Å². The lowest BCUT2D eigenvalue weighted by molar-refractivity contribution is 0.112. The number of hydrogen-bond acceptors (Lipinski definition) is 3. The molecule has 0 aromatic carbocycles. The van der Waals surface area contributed by atoms with E-state index in [4.69, 9.17) is 4.74 Å². The highest BCUT2D eigenvalue weighted by Crippen LogP contribution is 2.13. The van der Waals surface area contributed by atoms with Crippen molar-refractivity contribution in [3.05, 3.63) is 11.8 Å². The van der Waals surface area contributed by atoms with Crippen LogP contribution < -0.4 is 4.74 Å². The van der Waals surface area contributed by atoms with Gasteiger partial charge in [-0.25, -0.2) is 0 Å². The molecule has 0 radical (unpaired) electrons. The Balaban J connectivity index is 2.47. The minimum atomic E-state index is 0.417. The van der Waals surface area contributed by atoms with E-state index in [1.165, 1.54) is 26.4 Å². The Hall–Kier alpha value is -1.32. The zero-order valence-corrected chi connectivity index (χ0v) is 9.40. The normalized spacial score (nSPS) is 10.3. The van der Waals surface area contributed by atoms with Gasteiger partial charge in [0.05, 0.1) is 12.7 Å². The van der Waals surface area contributed by atoms with Crippen LogP contribution in [0.4, 0.5) is 0 Å². The lowest BCUT2D eigenvalue weighted by Gasteiger charge is -1.99. The van der Waals surface area contributed by atoms with Crippen molar-refractivity contribution >= 4 is 6.29 Å². The van der Waals surface area contributed by atoms with E-state index in [-0.39, 0.29) is 0 Å². The first-order valence-electron chi connectivity index (χ1n) is 5.38. The quantitative estimate of drug-likeness (QED) is 0.512. The summed E-state index contributed by atoms with van der Waals surface area (Å²) in [7, 11) is 1.52. The van der Waals surface area contributed by atoms with E-state index in [0.717, 1.165) is 19.3 Å². The number of rotatable bonds is 7. The fourth-order valence-electron chi connectivity index (χ4n) is 1.47. The monoisotopic (exact) mass is 210 g/mol. The Kier molecular flexibility index (Phi) is 4.87. The Morgan fingerprint density at radius 3 is 2.80 bits per heavy atom. The van der Waals surface area contributed by atoms with Gasteiger partial charge in [0.25, 0.3) is 0 Å². The van der Waals surface area contributed by atoms with E-state index in [0.29, 0.717) is 11.4 Å². The highest BCUT2D eigenvalue weighted by Gasteiger charge is 2.07. The molecule has 15 heavy (non-hydrogen) atoms. The third-order valence-electron chi connectivity index (χ3n) is 2.32. The lowest BCUT2D eigenvalue weighted by atomic mass is 10.2. The van der Waals surface area contributed by atoms with Crippen LogP contribution in [0.1, 0.15) is 43.0 Å². The van der Waals surface area contributed by atoms with Gasteiger partial charge in [-0.3, -0.25) is 9.48 Å². The highest BCUT2D eigenvalue weighted by molar-refractivity contribution is 5.77. The zero-order valence-electron chi connectivity index (χ0n) is 9.40. The molecule has 4 heteroatoms. The minimum absolute atomic E-state index is 0.417. The molecule has 4 nitrogen and oxygen atoms in total. The Morgan fingerprint density at radius 2 is 2.27 bits per heavy atom. The van der Waals surface area contributed by atoms with E-state index in [1.54, 1.807) is 10.9 Å². The molecule has 0 saturated heterocycles. The number of aryl methyl sites for hydroxylation is 1. The van der Waals surface area contributed by atoms with Crippen LogP contribution in [0.3, 0.4) is 0 Å². The molecule has 0 N–H and O–H groups in total. The number of unbranched alkanes of at least 4 members (excludes halogenated alkanes) is 3. The second kappa shape index (κ2) is 6.22. The molecule has 0 amide bonds. The van der Waals surface area contributed by atoms with Gasteiger partial charge in [0.2, 0.25) is 5.88 Å². The van der Waals surface area contributed by atoms with Gasteiger partial charge in [-0.05, 0) is 6.42 Å². The first-order valence-corrected chi connectivity index (χ1v) is 5.38. The van der Waals surface area contributed by atoms with Gasteiger partial charge in [0, 0.05) is 12.7 Å². The molecule has 0 spiro atoms. The smallest absolute Gasteiger partial charge is 0.243 e. The summed E-state index contributed by atoms with van der Waals surface area (Å²) in [4.78, 5) is 10.6. The second-order valence-electron chi connectivity index (χ2n) is 3.54. The Labute approximate surface area is 90.2 Å². The predicted octanol–water partition coefficient (Wildman–Crippen LogP) is 2.28. The molecule has 0 aliphatic carbocycles. The highest BCUT2D eigenvalue weighted by atomic mass is 16.5. The van der Waals surface area contributed by atoms with Gasteiger partial charge in [-0.15, -0.1) is 5.10 Å². The summed E-state index contributed by atoms with van der Waals surface area (Å²) in [6.45, 7) is 3.03. The van der Waals surface area contributed by atoms with E-state index < -0.39 is 0 Å². The van der Waals surface area contributed by atoms with Crippen molar-refractivity contribution in [2.75, 3.05) is 7.11 Å². The van der Waals surface area contributed by atoms with Crippen molar-refractivity contribution in [2.45, 2.75) is 39.2 Å². The van der Waals surface area contributed by atoms with E-state index in [1.807, 2.05) is 0 Å². The molecule has 0 bridgehead atoms. The molecular formula is C11H18N2O2. The Morgan fingerprint density at radius 1 is 1.47 bits per heavy atom. The minimum Gasteiger partial charge on any atom is -0.479 e. The summed E-state index contributed by atoms with van der Waals surface area (Å²) >= 11 is 0. The van der Waals surface area contributed by atoms with Gasteiger partial charge in [-0.2, -0.15) is 0 Å². The van der Waals surface area contributed by atoms with Crippen molar-refractivity contribution in [1.82, 2.24) is 9.78 Å². The van der Waals surface area contributed by atoms with Gasteiger partial charge >= 0.3 is 0 Å². The number of aromatic nitrogens is 2. The van der Waals surface area contributed by atoms with E-state index in [9.17, 15) is 4.79 Å². The number of carbonyl (C=O) groups excluding carboxylic acids is 1. The van der Waals surface area contributed by atoms with Crippen LogP contribution >= 0.6 is 0 Å². The van der Waals surface area contributed by atoms with Gasteiger partial charge in [-0.1, -0.05) is 26.2 Å². The molecule has 0 aliphatic rings. The molecule has 1 aromatic rings. The van der Waals surface area contributed by atoms with Crippen molar-refractivity contribution in [3.63, 3.8) is 0 Å². The molecule has 0 unspecified atom stereocenters. The molecule has 84 valence electrons. The third-order valence-corrected chi connectivity index (χ3v) is 2.32. The predicted molar refractivity (Wildman–Crippen MR) is 58.3 cm³/mol. The maximum atomic E-state index is 10.6. The number of hydrogen-bond donors (Lipinski definition) is 0. The van der Waals surface area contributed by atoms with Gasteiger partial charge in [0.15, 0.2) is 6.29 Å². The first-order chi connectivity index (χ1) is 7.31. The van der Waals surface area contributed by atoms with Crippen LogP contribution in [-0.2, 0) is 6.54 Å². The maximum Gasteiger partial charge on any atom is 0.243 e. The van der Waals surface area contributed by atoms with Crippen LogP contribution in [-0.4, -0.2) is 23.2 Å². The summed E-state index contributed by atoms with van der Waals surface area (Å²) in [6, 6.07) is 0. The molecule has 0 atom stereocenters. The van der Waals surface area contributed by atoms with Gasteiger partial charge in [0.1, 0.15) is 0 Å². The molecule has 1 aromatic heterocycles. The van der Waals surface area contributed by atoms with E-state index >= 15 is 0 Å². The zero-order chi connectivity index (χ0) is 11.1. The third kappa shape index (κ3) is 3.38. The molecule has 0 fully saturated rings. The fraction of sp³-hybridized carbons (Fsp3) is 0.636.